The maximum atomic E-state index is 5.73. The molecule has 0 aromatic heterocycles. The molecule has 1 aromatic carbocycles. The maximum Gasteiger partial charge on any atom is 0.191 e. The van der Waals surface area contributed by atoms with Crippen molar-refractivity contribution in [3.63, 3.8) is 0 Å². The Kier molecular flexibility index (Phi) is 5.47. The van der Waals surface area contributed by atoms with Crippen molar-refractivity contribution >= 4 is 11.6 Å². The number of nitrogens with zero attached hydrogens (tertiary/aromatic N) is 2. The zero-order valence-electron chi connectivity index (χ0n) is 16.9. The highest BCUT2D eigenvalue weighted by Gasteiger charge is 2.58. The second kappa shape index (κ2) is 7.47. The van der Waals surface area contributed by atoms with Gasteiger partial charge in [0.2, 0.25) is 0 Å². The molecule has 0 bridgehead atoms. The minimum Gasteiger partial charge on any atom is -0.378 e. The van der Waals surface area contributed by atoms with Gasteiger partial charge in [-0.05, 0) is 38.3 Å². The van der Waals surface area contributed by atoms with E-state index in [4.69, 9.17) is 4.74 Å². The van der Waals surface area contributed by atoms with E-state index in [0.29, 0.717) is 12.1 Å². The van der Waals surface area contributed by atoms with Crippen molar-refractivity contribution in [3.8, 4) is 0 Å². The Balaban J connectivity index is 1.50. The van der Waals surface area contributed by atoms with Gasteiger partial charge >= 0.3 is 0 Å². The molecule has 1 aromatic rings. The number of guanidine groups is 1. The van der Waals surface area contributed by atoms with Gasteiger partial charge in [-0.15, -0.1) is 0 Å². The monoisotopic (exact) mass is 358 g/mol. The second-order valence-electron chi connectivity index (χ2n) is 8.37. The Hall–Kier alpha value is -1.75. The molecule has 2 aliphatic rings. The van der Waals surface area contributed by atoms with E-state index < -0.39 is 0 Å². The summed E-state index contributed by atoms with van der Waals surface area (Å²) in [7, 11) is 3.67. The van der Waals surface area contributed by atoms with Gasteiger partial charge in [0.15, 0.2) is 5.96 Å². The molecule has 1 aliphatic carbocycles. The zero-order valence-corrected chi connectivity index (χ0v) is 16.9. The number of nitrogens with one attached hydrogen (secondary N) is 2. The van der Waals surface area contributed by atoms with Crippen LogP contribution in [-0.2, 0) is 4.74 Å². The first-order valence-electron chi connectivity index (χ1n) is 9.74. The van der Waals surface area contributed by atoms with E-state index in [-0.39, 0.29) is 11.0 Å². The smallest absolute Gasteiger partial charge is 0.191 e. The molecule has 0 spiro atoms. The number of hydrogen-bond acceptors (Lipinski definition) is 3. The van der Waals surface area contributed by atoms with Gasteiger partial charge in [0.05, 0.1) is 5.60 Å². The van der Waals surface area contributed by atoms with Crippen LogP contribution in [0, 0.1) is 5.41 Å². The summed E-state index contributed by atoms with van der Waals surface area (Å²) in [5, 5.41) is 7.25. The third kappa shape index (κ3) is 3.54. The minimum atomic E-state index is -0.0649. The van der Waals surface area contributed by atoms with Crippen molar-refractivity contribution in [2.75, 3.05) is 32.1 Å². The molecule has 0 radical (unpaired) electrons. The molecule has 1 heterocycles. The molecule has 2 unspecified atom stereocenters. The SMILES string of the molecule is CN=C(NC1CCN(c2ccccc2)CC1)NC1CC(C)(OC)C1(C)C. The lowest BCUT2D eigenvalue weighted by Crippen LogP contribution is -2.69. The molecule has 3 rings (SSSR count). The molecule has 2 atom stereocenters. The van der Waals surface area contributed by atoms with E-state index in [0.717, 1.165) is 38.3 Å². The van der Waals surface area contributed by atoms with Crippen molar-refractivity contribution in [1.82, 2.24) is 10.6 Å². The molecule has 5 nitrogen and oxygen atoms in total. The van der Waals surface area contributed by atoms with Crippen LogP contribution in [0.1, 0.15) is 40.0 Å². The summed E-state index contributed by atoms with van der Waals surface area (Å²) in [5.41, 5.74) is 1.34. The summed E-state index contributed by atoms with van der Waals surface area (Å²) < 4.78 is 5.73. The average Bonchev–Trinajstić information content (AvgIpc) is 2.67. The van der Waals surface area contributed by atoms with E-state index in [2.05, 4.69) is 71.6 Å². The normalized spacial score (nSPS) is 29.2. The molecule has 5 heteroatoms. The van der Waals surface area contributed by atoms with Crippen molar-refractivity contribution < 1.29 is 4.74 Å². The van der Waals surface area contributed by atoms with Gasteiger partial charge in [0, 0.05) is 50.4 Å². The van der Waals surface area contributed by atoms with Crippen LogP contribution in [0.3, 0.4) is 0 Å². The maximum absolute atomic E-state index is 5.73. The van der Waals surface area contributed by atoms with Crippen LogP contribution in [0.15, 0.2) is 35.3 Å². The first-order valence-corrected chi connectivity index (χ1v) is 9.74. The summed E-state index contributed by atoms with van der Waals surface area (Å²) in [4.78, 5) is 6.93. The lowest BCUT2D eigenvalue weighted by Gasteiger charge is -2.59. The number of anilines is 1. The average molecular weight is 359 g/mol. The van der Waals surface area contributed by atoms with Gasteiger partial charge < -0.3 is 20.3 Å². The second-order valence-corrected chi connectivity index (χ2v) is 8.37. The first-order chi connectivity index (χ1) is 12.4. The molecular weight excluding hydrogens is 324 g/mol. The molecule has 2 fully saturated rings. The number of ether oxygens (including phenoxy) is 1. The van der Waals surface area contributed by atoms with Gasteiger partial charge in [-0.2, -0.15) is 0 Å². The van der Waals surface area contributed by atoms with Crippen LogP contribution in [0.25, 0.3) is 0 Å². The van der Waals surface area contributed by atoms with Crippen LogP contribution in [0.5, 0.6) is 0 Å². The highest BCUT2D eigenvalue weighted by Crippen LogP contribution is 2.51. The van der Waals surface area contributed by atoms with Gasteiger partial charge in [-0.25, -0.2) is 0 Å². The number of benzene rings is 1. The first kappa shape index (κ1) is 19.0. The summed E-state index contributed by atoms with van der Waals surface area (Å²) >= 11 is 0. The van der Waals surface area contributed by atoms with Gasteiger partial charge in [-0.1, -0.05) is 32.0 Å². The predicted molar refractivity (Wildman–Crippen MR) is 109 cm³/mol. The van der Waals surface area contributed by atoms with Crippen LogP contribution >= 0.6 is 0 Å². The van der Waals surface area contributed by atoms with Crippen molar-refractivity contribution in [3.05, 3.63) is 30.3 Å². The van der Waals surface area contributed by atoms with Crippen LogP contribution in [-0.4, -0.2) is 50.9 Å². The molecule has 1 saturated carbocycles. The Bertz CT molecular complexity index is 622. The summed E-state index contributed by atoms with van der Waals surface area (Å²) in [6.45, 7) is 8.89. The highest BCUT2D eigenvalue weighted by atomic mass is 16.5. The van der Waals surface area contributed by atoms with Crippen molar-refractivity contribution in [1.29, 1.82) is 0 Å². The number of piperidine rings is 1. The lowest BCUT2D eigenvalue weighted by atomic mass is 9.56. The quantitative estimate of drug-likeness (QED) is 0.642. The summed E-state index contributed by atoms with van der Waals surface area (Å²) in [6, 6.07) is 11.5. The molecule has 1 saturated heterocycles. The molecule has 2 N–H and O–H groups in total. The minimum absolute atomic E-state index is 0.0649. The Labute approximate surface area is 158 Å². The fourth-order valence-electron chi connectivity index (χ4n) is 4.17. The Morgan fingerprint density at radius 3 is 2.31 bits per heavy atom. The van der Waals surface area contributed by atoms with Crippen LogP contribution < -0.4 is 15.5 Å². The Morgan fingerprint density at radius 1 is 1.12 bits per heavy atom. The molecule has 26 heavy (non-hydrogen) atoms. The van der Waals surface area contributed by atoms with Crippen molar-refractivity contribution in [2.45, 2.75) is 57.7 Å². The lowest BCUT2D eigenvalue weighted by molar-refractivity contribution is -0.176. The molecule has 1 aliphatic heterocycles. The summed E-state index contributed by atoms with van der Waals surface area (Å²) in [5.74, 6) is 0.916. The number of para-hydroxylation sites is 1. The van der Waals surface area contributed by atoms with E-state index in [1.807, 2.05) is 14.2 Å². The number of methoxy groups -OCH3 is 1. The number of hydrogen-bond donors (Lipinski definition) is 2. The number of rotatable bonds is 4. The largest absolute Gasteiger partial charge is 0.378 e. The molecular formula is C21H34N4O. The molecule has 144 valence electrons. The molecule has 0 amide bonds. The highest BCUT2D eigenvalue weighted by molar-refractivity contribution is 5.80. The topological polar surface area (TPSA) is 48.9 Å². The zero-order chi connectivity index (χ0) is 18.8. The van der Waals surface area contributed by atoms with E-state index in [9.17, 15) is 0 Å². The fraction of sp³-hybridized carbons (Fsp3) is 0.667. The Morgan fingerprint density at radius 2 is 1.77 bits per heavy atom. The number of aliphatic imine (C=N–C) groups is 1. The van der Waals surface area contributed by atoms with E-state index in [1.54, 1.807) is 0 Å². The van der Waals surface area contributed by atoms with Crippen molar-refractivity contribution in [2.24, 2.45) is 10.4 Å². The van der Waals surface area contributed by atoms with E-state index in [1.165, 1.54) is 5.69 Å². The van der Waals surface area contributed by atoms with Gasteiger partial charge in [0.25, 0.3) is 0 Å². The summed E-state index contributed by atoms with van der Waals surface area (Å²) in [6.07, 6.45) is 3.25. The fourth-order valence-corrected chi connectivity index (χ4v) is 4.17. The third-order valence-corrected chi connectivity index (χ3v) is 6.77. The standard InChI is InChI=1S/C21H34N4O/c1-20(2)18(15-21(20,3)26-5)24-19(22-4)23-16-11-13-25(14-12-16)17-9-7-6-8-10-17/h6-10,16,18H,11-15H2,1-5H3,(H2,22,23,24). The third-order valence-electron chi connectivity index (χ3n) is 6.77. The van der Waals surface area contributed by atoms with Gasteiger partial charge in [-0.3, -0.25) is 4.99 Å². The predicted octanol–water partition coefficient (Wildman–Crippen LogP) is 3.02. The van der Waals surface area contributed by atoms with Crippen LogP contribution in [0.2, 0.25) is 0 Å². The van der Waals surface area contributed by atoms with E-state index >= 15 is 0 Å². The van der Waals surface area contributed by atoms with Gasteiger partial charge in [0.1, 0.15) is 0 Å². The van der Waals surface area contributed by atoms with Crippen LogP contribution in [0.4, 0.5) is 5.69 Å².